The Morgan fingerprint density at radius 1 is 1.42 bits per heavy atom. The van der Waals surface area contributed by atoms with E-state index in [-0.39, 0.29) is 12.7 Å². The molecular formula is C8H22N2O2. The minimum Gasteiger partial charge on any atom is -0.395 e. The van der Waals surface area contributed by atoms with Gasteiger partial charge in [0, 0.05) is 13.1 Å². The van der Waals surface area contributed by atoms with Crippen molar-refractivity contribution in [3.05, 3.63) is 0 Å². The summed E-state index contributed by atoms with van der Waals surface area (Å²) in [5, 5.41) is 16.7. The molecule has 0 aliphatic carbocycles. The summed E-state index contributed by atoms with van der Waals surface area (Å²) >= 11 is 0. The van der Waals surface area contributed by atoms with Gasteiger partial charge >= 0.3 is 0 Å². The number of hydrogen-bond acceptors (Lipinski definition) is 4. The van der Waals surface area contributed by atoms with Crippen LogP contribution in [0.4, 0.5) is 0 Å². The van der Waals surface area contributed by atoms with E-state index in [4.69, 9.17) is 15.9 Å². The van der Waals surface area contributed by atoms with Crippen LogP contribution in [0.25, 0.3) is 0 Å². The molecule has 0 aromatic rings. The lowest BCUT2D eigenvalue weighted by atomic mass is 10.3. The van der Waals surface area contributed by atoms with E-state index >= 15 is 0 Å². The normalized spacial score (nSPS) is 12.2. The first-order valence-electron chi connectivity index (χ1n) is 4.22. The quantitative estimate of drug-likeness (QED) is 0.530. The van der Waals surface area contributed by atoms with Gasteiger partial charge in [0.25, 0.3) is 0 Å². The zero-order valence-corrected chi connectivity index (χ0v) is 8.32. The van der Waals surface area contributed by atoms with Gasteiger partial charge in [-0.1, -0.05) is 6.92 Å². The van der Waals surface area contributed by atoms with Crippen LogP contribution in [0.15, 0.2) is 0 Å². The summed E-state index contributed by atoms with van der Waals surface area (Å²) in [6, 6.07) is 0. The lowest BCUT2D eigenvalue weighted by molar-refractivity contribution is 0.179. The first-order chi connectivity index (χ1) is 5.58. The third kappa shape index (κ3) is 16.4. The maximum atomic E-state index is 8.54. The Bertz CT molecular complexity index is 75.5. The van der Waals surface area contributed by atoms with Crippen LogP contribution in [0.3, 0.4) is 0 Å². The molecule has 0 amide bonds. The van der Waals surface area contributed by atoms with Gasteiger partial charge in [0.2, 0.25) is 0 Å². The van der Waals surface area contributed by atoms with Crippen molar-refractivity contribution >= 4 is 0 Å². The molecule has 0 aliphatic heterocycles. The molecule has 0 radical (unpaired) electrons. The van der Waals surface area contributed by atoms with Crippen LogP contribution in [0.5, 0.6) is 0 Å². The Hall–Kier alpha value is -0.160. The molecule has 0 fully saturated rings. The summed E-state index contributed by atoms with van der Waals surface area (Å²) in [6.07, 6.45) is 0.473. The van der Waals surface area contributed by atoms with Gasteiger partial charge in [-0.2, -0.15) is 0 Å². The third-order valence-corrected chi connectivity index (χ3v) is 1.29. The van der Waals surface area contributed by atoms with Gasteiger partial charge < -0.3 is 20.8 Å². The van der Waals surface area contributed by atoms with Crippen LogP contribution in [-0.4, -0.2) is 55.0 Å². The van der Waals surface area contributed by atoms with Crippen LogP contribution >= 0.6 is 0 Å². The third-order valence-electron chi connectivity index (χ3n) is 1.29. The fraction of sp³-hybridized carbons (Fsp3) is 1.00. The lowest BCUT2D eigenvalue weighted by Gasteiger charge is -2.03. The molecule has 0 rings (SSSR count). The molecule has 1 atom stereocenters. The Morgan fingerprint density at radius 3 is 1.92 bits per heavy atom. The van der Waals surface area contributed by atoms with Crippen LogP contribution in [0.1, 0.15) is 13.3 Å². The van der Waals surface area contributed by atoms with Crippen molar-refractivity contribution in [2.45, 2.75) is 19.4 Å². The monoisotopic (exact) mass is 178 g/mol. The van der Waals surface area contributed by atoms with Crippen molar-refractivity contribution in [3.63, 3.8) is 0 Å². The van der Waals surface area contributed by atoms with Crippen LogP contribution in [0, 0.1) is 0 Å². The smallest absolute Gasteiger partial charge is 0.0659 e. The number of likely N-dealkylation sites (N-methyl/N-ethyl adjacent to an activating group) is 1. The molecule has 0 aliphatic rings. The lowest BCUT2D eigenvalue weighted by Crippen LogP contribution is -2.17. The average molecular weight is 178 g/mol. The molecule has 76 valence electrons. The van der Waals surface area contributed by atoms with Crippen molar-refractivity contribution in [2.24, 2.45) is 5.73 Å². The molecule has 12 heavy (non-hydrogen) atoms. The Balaban J connectivity index is 0. The van der Waals surface area contributed by atoms with E-state index in [1.807, 2.05) is 25.9 Å². The largest absolute Gasteiger partial charge is 0.395 e. The number of nitrogens with two attached hydrogens (primary N) is 1. The van der Waals surface area contributed by atoms with Gasteiger partial charge in [-0.25, -0.2) is 0 Å². The highest BCUT2D eigenvalue weighted by molar-refractivity contribution is 4.48. The Morgan fingerprint density at radius 2 is 1.92 bits per heavy atom. The van der Waals surface area contributed by atoms with Crippen LogP contribution in [-0.2, 0) is 0 Å². The predicted molar refractivity (Wildman–Crippen MR) is 51.0 cm³/mol. The number of nitrogens with zero attached hydrogens (tertiary/aromatic N) is 1. The van der Waals surface area contributed by atoms with Crippen LogP contribution < -0.4 is 5.73 Å². The molecule has 4 heteroatoms. The topological polar surface area (TPSA) is 69.7 Å². The van der Waals surface area contributed by atoms with Gasteiger partial charge in [0.1, 0.15) is 0 Å². The molecule has 0 spiro atoms. The first-order valence-corrected chi connectivity index (χ1v) is 4.22. The summed E-state index contributed by atoms with van der Waals surface area (Å²) in [6.45, 7) is 3.31. The Labute approximate surface area is 75.0 Å². The minimum atomic E-state index is -0.287. The standard InChI is InChI=1S/2C4H11NO/c1-5(2)3-4-6;1-2-4(6)3-5/h6H,3-4H2,1-2H3;4,6H,2-3,5H2,1H3. The molecule has 0 aromatic carbocycles. The molecule has 0 aromatic heterocycles. The van der Waals surface area contributed by atoms with E-state index in [0.717, 1.165) is 13.0 Å². The van der Waals surface area contributed by atoms with E-state index in [1.54, 1.807) is 0 Å². The molecule has 1 unspecified atom stereocenters. The number of hydrogen-bond donors (Lipinski definition) is 3. The van der Waals surface area contributed by atoms with E-state index in [2.05, 4.69) is 0 Å². The summed E-state index contributed by atoms with van der Waals surface area (Å²) in [4.78, 5) is 1.93. The fourth-order valence-corrected chi connectivity index (χ4v) is 0.367. The predicted octanol–water partition coefficient (Wildman–Crippen LogP) is -0.744. The maximum Gasteiger partial charge on any atom is 0.0659 e. The van der Waals surface area contributed by atoms with Crippen molar-refractivity contribution in [3.8, 4) is 0 Å². The van der Waals surface area contributed by atoms with E-state index in [9.17, 15) is 0 Å². The molecule has 0 bridgehead atoms. The molecule has 0 saturated heterocycles. The van der Waals surface area contributed by atoms with Crippen molar-refractivity contribution in [1.82, 2.24) is 4.90 Å². The van der Waals surface area contributed by atoms with Gasteiger partial charge in [-0.05, 0) is 20.5 Å². The van der Waals surface area contributed by atoms with Gasteiger partial charge in [-0.15, -0.1) is 0 Å². The van der Waals surface area contributed by atoms with Gasteiger partial charge in [0.15, 0.2) is 0 Å². The zero-order chi connectivity index (χ0) is 9.98. The van der Waals surface area contributed by atoms with Crippen molar-refractivity contribution in [2.75, 3.05) is 33.8 Å². The van der Waals surface area contributed by atoms with E-state index in [0.29, 0.717) is 6.54 Å². The number of rotatable bonds is 4. The number of aliphatic hydroxyl groups is 2. The first kappa shape index (κ1) is 14.4. The SMILES string of the molecule is CCC(O)CN.CN(C)CCO. The highest BCUT2D eigenvalue weighted by atomic mass is 16.3. The summed E-state index contributed by atoms with van der Waals surface area (Å²) in [5.74, 6) is 0. The molecular weight excluding hydrogens is 156 g/mol. The summed E-state index contributed by atoms with van der Waals surface area (Å²) in [5.41, 5.74) is 5.03. The highest BCUT2D eigenvalue weighted by Crippen LogP contribution is 1.81. The van der Waals surface area contributed by atoms with Crippen molar-refractivity contribution < 1.29 is 10.2 Å². The molecule has 0 heterocycles. The number of aliphatic hydroxyl groups excluding tert-OH is 2. The second-order valence-corrected chi connectivity index (χ2v) is 2.82. The highest BCUT2D eigenvalue weighted by Gasteiger charge is 1.90. The zero-order valence-electron chi connectivity index (χ0n) is 8.32. The van der Waals surface area contributed by atoms with Crippen molar-refractivity contribution in [1.29, 1.82) is 0 Å². The second kappa shape index (κ2) is 10.8. The minimum absolute atomic E-state index is 0.257. The molecule has 4 N–H and O–H groups in total. The van der Waals surface area contributed by atoms with Gasteiger partial charge in [-0.3, -0.25) is 0 Å². The Kier molecular flexibility index (Phi) is 13.0. The average Bonchev–Trinajstić information content (AvgIpc) is 2.04. The summed E-state index contributed by atoms with van der Waals surface area (Å²) < 4.78 is 0. The van der Waals surface area contributed by atoms with E-state index in [1.165, 1.54) is 0 Å². The summed E-state index contributed by atoms with van der Waals surface area (Å²) in [7, 11) is 3.85. The molecule has 0 saturated carbocycles. The molecule has 4 nitrogen and oxygen atoms in total. The van der Waals surface area contributed by atoms with E-state index < -0.39 is 0 Å². The van der Waals surface area contributed by atoms with Crippen LogP contribution in [0.2, 0.25) is 0 Å². The second-order valence-electron chi connectivity index (χ2n) is 2.82. The fourth-order valence-electron chi connectivity index (χ4n) is 0.367. The maximum absolute atomic E-state index is 8.54. The van der Waals surface area contributed by atoms with Gasteiger partial charge in [0.05, 0.1) is 12.7 Å².